The Balaban J connectivity index is 2.02. The maximum Gasteiger partial charge on any atom is 0.416 e. The molecule has 0 spiro atoms. The van der Waals surface area contributed by atoms with Gasteiger partial charge in [-0.2, -0.15) is 13.2 Å². The predicted octanol–water partition coefficient (Wildman–Crippen LogP) is 4.90. The third kappa shape index (κ3) is 2.36. The fraction of sp³-hybridized carbons (Fsp3) is 0.0714. The number of nitrogens with one attached hydrogen (secondary N) is 1. The molecule has 0 saturated carbocycles. The number of hydrogen-bond acceptors (Lipinski definition) is 1. The molecule has 0 aliphatic rings. The Morgan fingerprint density at radius 1 is 1.00 bits per heavy atom. The standard InChI is InChI=1S/C14H8ClF3N2/c15-10-5-6-11-12(7-10)20-13(19-11)8-1-3-9(4-2-8)14(16,17)18/h1-7H,(H,19,20). The van der Waals surface area contributed by atoms with Crippen LogP contribution >= 0.6 is 11.6 Å². The highest BCUT2D eigenvalue weighted by molar-refractivity contribution is 6.31. The Labute approximate surface area is 117 Å². The van der Waals surface area contributed by atoms with E-state index in [0.717, 1.165) is 17.6 Å². The molecule has 0 amide bonds. The van der Waals surface area contributed by atoms with Crippen molar-refractivity contribution < 1.29 is 13.2 Å². The zero-order valence-electron chi connectivity index (χ0n) is 10.0. The zero-order chi connectivity index (χ0) is 14.3. The van der Waals surface area contributed by atoms with E-state index in [4.69, 9.17) is 11.6 Å². The lowest BCUT2D eigenvalue weighted by Crippen LogP contribution is -2.04. The third-order valence-electron chi connectivity index (χ3n) is 2.93. The molecule has 2 aromatic carbocycles. The van der Waals surface area contributed by atoms with Crippen molar-refractivity contribution in [2.45, 2.75) is 6.18 Å². The fourth-order valence-electron chi connectivity index (χ4n) is 1.94. The van der Waals surface area contributed by atoms with Gasteiger partial charge < -0.3 is 4.98 Å². The number of imidazole rings is 1. The van der Waals surface area contributed by atoms with Crippen LogP contribution in [0.2, 0.25) is 5.02 Å². The molecular formula is C14H8ClF3N2. The molecule has 0 aliphatic carbocycles. The van der Waals surface area contributed by atoms with Crippen molar-refractivity contribution >= 4 is 22.6 Å². The summed E-state index contributed by atoms with van der Waals surface area (Å²) >= 11 is 5.87. The van der Waals surface area contributed by atoms with Crippen molar-refractivity contribution in [3.63, 3.8) is 0 Å². The smallest absolute Gasteiger partial charge is 0.338 e. The lowest BCUT2D eigenvalue weighted by Gasteiger charge is -2.06. The molecule has 6 heteroatoms. The lowest BCUT2D eigenvalue weighted by atomic mass is 10.1. The average Bonchev–Trinajstić information content (AvgIpc) is 2.80. The van der Waals surface area contributed by atoms with Gasteiger partial charge in [-0.15, -0.1) is 0 Å². The first-order valence-corrected chi connectivity index (χ1v) is 6.14. The Morgan fingerprint density at radius 3 is 2.35 bits per heavy atom. The van der Waals surface area contributed by atoms with E-state index in [2.05, 4.69) is 9.97 Å². The molecule has 0 aliphatic heterocycles. The molecule has 0 atom stereocenters. The van der Waals surface area contributed by atoms with Crippen molar-refractivity contribution in [1.82, 2.24) is 9.97 Å². The van der Waals surface area contributed by atoms with Crippen molar-refractivity contribution in [1.29, 1.82) is 0 Å². The molecule has 1 N–H and O–H groups in total. The summed E-state index contributed by atoms with van der Waals surface area (Å²) in [5.41, 5.74) is 1.36. The van der Waals surface area contributed by atoms with Crippen LogP contribution in [0.4, 0.5) is 13.2 Å². The summed E-state index contributed by atoms with van der Waals surface area (Å²) in [6.45, 7) is 0. The van der Waals surface area contributed by atoms with Gasteiger partial charge in [0.05, 0.1) is 16.6 Å². The van der Waals surface area contributed by atoms with Gasteiger partial charge in [0.15, 0.2) is 0 Å². The van der Waals surface area contributed by atoms with E-state index in [1.165, 1.54) is 12.1 Å². The minimum Gasteiger partial charge on any atom is -0.338 e. The Bertz CT molecular complexity index is 760. The molecule has 0 saturated heterocycles. The van der Waals surface area contributed by atoms with E-state index in [0.29, 0.717) is 21.9 Å². The molecule has 0 fully saturated rings. The topological polar surface area (TPSA) is 28.7 Å². The highest BCUT2D eigenvalue weighted by atomic mass is 35.5. The first kappa shape index (κ1) is 13.0. The van der Waals surface area contributed by atoms with Gasteiger partial charge in [0.1, 0.15) is 5.82 Å². The Kier molecular flexibility index (Phi) is 2.94. The van der Waals surface area contributed by atoms with Crippen LogP contribution in [-0.4, -0.2) is 9.97 Å². The molecular weight excluding hydrogens is 289 g/mol. The Hall–Kier alpha value is -2.01. The molecule has 1 heterocycles. The van der Waals surface area contributed by atoms with E-state index in [9.17, 15) is 13.2 Å². The second-order valence-corrected chi connectivity index (χ2v) is 4.76. The minimum absolute atomic E-state index is 0.510. The number of nitrogens with zero attached hydrogens (tertiary/aromatic N) is 1. The summed E-state index contributed by atoms with van der Waals surface area (Å²) in [6.07, 6.45) is -4.33. The van der Waals surface area contributed by atoms with E-state index in [1.807, 2.05) is 0 Å². The number of hydrogen-bond donors (Lipinski definition) is 1. The van der Waals surface area contributed by atoms with Crippen LogP contribution in [-0.2, 0) is 6.18 Å². The van der Waals surface area contributed by atoms with Crippen LogP contribution in [0.25, 0.3) is 22.4 Å². The van der Waals surface area contributed by atoms with E-state index >= 15 is 0 Å². The predicted molar refractivity (Wildman–Crippen MR) is 71.5 cm³/mol. The molecule has 1 aromatic heterocycles. The van der Waals surface area contributed by atoms with Gasteiger partial charge in [0.2, 0.25) is 0 Å². The summed E-state index contributed by atoms with van der Waals surface area (Å²) in [5, 5.41) is 0.570. The van der Waals surface area contributed by atoms with Gasteiger partial charge in [0.25, 0.3) is 0 Å². The highest BCUT2D eigenvalue weighted by Crippen LogP contribution is 2.31. The van der Waals surface area contributed by atoms with Gasteiger partial charge in [-0.1, -0.05) is 23.7 Å². The van der Waals surface area contributed by atoms with Crippen LogP contribution in [0, 0.1) is 0 Å². The highest BCUT2D eigenvalue weighted by Gasteiger charge is 2.30. The van der Waals surface area contributed by atoms with Gasteiger partial charge in [-0.3, -0.25) is 0 Å². The summed E-state index contributed by atoms with van der Waals surface area (Å²) in [5.74, 6) is 0.510. The van der Waals surface area contributed by atoms with Crippen molar-refractivity contribution in [3.05, 3.63) is 53.1 Å². The van der Waals surface area contributed by atoms with Crippen LogP contribution in [0.1, 0.15) is 5.56 Å². The van der Waals surface area contributed by atoms with E-state index < -0.39 is 11.7 Å². The quantitative estimate of drug-likeness (QED) is 0.679. The molecule has 0 bridgehead atoms. The third-order valence-corrected chi connectivity index (χ3v) is 3.16. The number of H-pyrrole nitrogens is 1. The molecule has 0 unspecified atom stereocenters. The minimum atomic E-state index is -4.33. The van der Waals surface area contributed by atoms with Gasteiger partial charge in [-0.05, 0) is 30.3 Å². The summed E-state index contributed by atoms with van der Waals surface area (Å²) < 4.78 is 37.5. The largest absolute Gasteiger partial charge is 0.416 e. The normalized spacial score (nSPS) is 12.0. The van der Waals surface area contributed by atoms with Crippen molar-refractivity contribution in [3.8, 4) is 11.4 Å². The van der Waals surface area contributed by atoms with E-state index in [-0.39, 0.29) is 0 Å². The number of halogens is 4. The molecule has 20 heavy (non-hydrogen) atoms. The number of benzene rings is 2. The van der Waals surface area contributed by atoms with Gasteiger partial charge in [-0.25, -0.2) is 4.98 Å². The SMILES string of the molecule is FC(F)(F)c1ccc(-c2nc3ccc(Cl)cc3[nH]2)cc1. The van der Waals surface area contributed by atoms with Crippen LogP contribution in [0.3, 0.4) is 0 Å². The number of alkyl halides is 3. The average molecular weight is 297 g/mol. The molecule has 3 aromatic rings. The summed E-state index contributed by atoms with van der Waals surface area (Å²) in [6, 6.07) is 10.0. The Morgan fingerprint density at radius 2 is 1.70 bits per heavy atom. The summed E-state index contributed by atoms with van der Waals surface area (Å²) in [7, 11) is 0. The molecule has 102 valence electrons. The first-order valence-electron chi connectivity index (χ1n) is 5.76. The number of rotatable bonds is 1. The van der Waals surface area contributed by atoms with Crippen LogP contribution in [0.15, 0.2) is 42.5 Å². The molecule has 3 rings (SSSR count). The second kappa shape index (κ2) is 4.52. The lowest BCUT2D eigenvalue weighted by molar-refractivity contribution is -0.137. The van der Waals surface area contributed by atoms with Gasteiger partial charge >= 0.3 is 6.18 Å². The fourth-order valence-corrected chi connectivity index (χ4v) is 2.11. The van der Waals surface area contributed by atoms with Gasteiger partial charge in [0, 0.05) is 10.6 Å². The molecule has 2 nitrogen and oxygen atoms in total. The number of aromatic amines is 1. The van der Waals surface area contributed by atoms with Crippen molar-refractivity contribution in [2.24, 2.45) is 0 Å². The maximum absolute atomic E-state index is 12.5. The number of aromatic nitrogens is 2. The summed E-state index contributed by atoms with van der Waals surface area (Å²) in [4.78, 5) is 7.35. The van der Waals surface area contributed by atoms with Crippen molar-refractivity contribution in [2.75, 3.05) is 0 Å². The zero-order valence-corrected chi connectivity index (χ0v) is 10.8. The first-order chi connectivity index (χ1) is 9.43. The monoisotopic (exact) mass is 296 g/mol. The van der Waals surface area contributed by atoms with Crippen LogP contribution in [0.5, 0.6) is 0 Å². The van der Waals surface area contributed by atoms with E-state index in [1.54, 1.807) is 18.2 Å². The molecule has 0 radical (unpaired) electrons. The van der Waals surface area contributed by atoms with Crippen LogP contribution < -0.4 is 0 Å². The number of fused-ring (bicyclic) bond motifs is 1. The maximum atomic E-state index is 12.5. The second-order valence-electron chi connectivity index (χ2n) is 4.32.